The maximum Gasteiger partial charge on any atom is 0.0771 e. The Labute approximate surface area is 120 Å². The maximum atomic E-state index is 9.17. The average molecular weight is 276 g/mol. The van der Waals surface area contributed by atoms with Crippen molar-refractivity contribution < 1.29 is 15.3 Å². The van der Waals surface area contributed by atoms with E-state index in [2.05, 4.69) is 27.7 Å². The highest BCUT2D eigenvalue weighted by Gasteiger charge is 2.02. The summed E-state index contributed by atoms with van der Waals surface area (Å²) in [6.45, 7) is 10.6. The van der Waals surface area contributed by atoms with E-state index in [4.69, 9.17) is 10.2 Å². The van der Waals surface area contributed by atoms with E-state index in [0.717, 1.165) is 25.2 Å². The molecular formula is C16H36O3. The van der Waals surface area contributed by atoms with Gasteiger partial charge in [-0.05, 0) is 37.5 Å². The fourth-order valence-electron chi connectivity index (χ4n) is 1.58. The Balaban J connectivity index is 0. The Morgan fingerprint density at radius 3 is 1.63 bits per heavy atom. The lowest BCUT2D eigenvalue weighted by Crippen LogP contribution is -2.12. The van der Waals surface area contributed by atoms with Gasteiger partial charge in [-0.1, -0.05) is 47.5 Å². The second-order valence-electron chi connectivity index (χ2n) is 6.19. The van der Waals surface area contributed by atoms with Crippen LogP contribution in [0.15, 0.2) is 0 Å². The van der Waals surface area contributed by atoms with Gasteiger partial charge in [0.15, 0.2) is 0 Å². The van der Waals surface area contributed by atoms with Crippen LogP contribution in [0.1, 0.15) is 73.1 Å². The van der Waals surface area contributed by atoms with E-state index in [-0.39, 0.29) is 12.7 Å². The van der Waals surface area contributed by atoms with Gasteiger partial charge in [-0.2, -0.15) is 0 Å². The van der Waals surface area contributed by atoms with E-state index in [9.17, 15) is 5.11 Å². The zero-order valence-corrected chi connectivity index (χ0v) is 13.6. The Morgan fingerprint density at radius 2 is 1.26 bits per heavy atom. The highest BCUT2D eigenvalue weighted by Crippen LogP contribution is 2.09. The molecule has 0 aromatic heterocycles. The van der Waals surface area contributed by atoms with Crippen molar-refractivity contribution >= 4 is 0 Å². The van der Waals surface area contributed by atoms with Gasteiger partial charge in [0.25, 0.3) is 0 Å². The predicted octanol–water partition coefficient (Wildman–Crippen LogP) is 3.36. The van der Waals surface area contributed by atoms with Crippen molar-refractivity contribution in [3.05, 3.63) is 0 Å². The minimum absolute atomic E-state index is 0.0567. The van der Waals surface area contributed by atoms with Gasteiger partial charge in [0, 0.05) is 0 Å². The zero-order chi connectivity index (χ0) is 15.3. The molecule has 0 saturated carbocycles. The SMILES string of the molecule is CC(C)CCC(O)CO.CCC(O)CCCC(C)C. The van der Waals surface area contributed by atoms with Crippen LogP contribution in [0.3, 0.4) is 0 Å². The van der Waals surface area contributed by atoms with E-state index in [1.54, 1.807) is 0 Å². The Bertz CT molecular complexity index is 169. The summed E-state index contributed by atoms with van der Waals surface area (Å²) < 4.78 is 0. The normalized spacial score (nSPS) is 14.2. The summed E-state index contributed by atoms with van der Waals surface area (Å²) in [7, 11) is 0. The van der Waals surface area contributed by atoms with Crippen molar-refractivity contribution in [2.45, 2.75) is 85.4 Å². The fourth-order valence-corrected chi connectivity index (χ4v) is 1.58. The molecule has 0 rings (SSSR count). The van der Waals surface area contributed by atoms with Crippen LogP contribution in [-0.4, -0.2) is 34.1 Å². The van der Waals surface area contributed by atoms with E-state index in [1.807, 2.05) is 6.92 Å². The molecule has 3 nitrogen and oxygen atoms in total. The van der Waals surface area contributed by atoms with Crippen LogP contribution < -0.4 is 0 Å². The van der Waals surface area contributed by atoms with Gasteiger partial charge in [0.05, 0.1) is 18.8 Å². The van der Waals surface area contributed by atoms with Crippen molar-refractivity contribution in [2.24, 2.45) is 11.8 Å². The number of hydrogen-bond donors (Lipinski definition) is 3. The lowest BCUT2D eigenvalue weighted by molar-refractivity contribution is 0.0837. The standard InChI is InChI=1S/C9H20O.C7H16O2/c1-4-9(10)7-5-6-8(2)3;1-6(2)3-4-7(9)5-8/h8-10H,4-7H2,1-3H3;6-9H,3-5H2,1-2H3. The molecule has 118 valence electrons. The van der Waals surface area contributed by atoms with Gasteiger partial charge in [0.2, 0.25) is 0 Å². The third kappa shape index (κ3) is 20.4. The van der Waals surface area contributed by atoms with Crippen LogP contribution in [0, 0.1) is 11.8 Å². The maximum absolute atomic E-state index is 9.17. The number of aliphatic hydroxyl groups is 3. The van der Waals surface area contributed by atoms with E-state index in [1.165, 1.54) is 12.8 Å². The molecule has 2 atom stereocenters. The zero-order valence-electron chi connectivity index (χ0n) is 13.6. The second kappa shape index (κ2) is 14.3. The van der Waals surface area contributed by atoms with E-state index in [0.29, 0.717) is 12.3 Å². The molecule has 3 N–H and O–H groups in total. The number of aliphatic hydroxyl groups excluding tert-OH is 3. The lowest BCUT2D eigenvalue weighted by Gasteiger charge is -2.07. The van der Waals surface area contributed by atoms with Crippen molar-refractivity contribution in [3.63, 3.8) is 0 Å². The topological polar surface area (TPSA) is 60.7 Å². The first kappa shape index (κ1) is 21.2. The molecule has 0 amide bonds. The molecule has 19 heavy (non-hydrogen) atoms. The first-order valence-electron chi connectivity index (χ1n) is 7.80. The largest absolute Gasteiger partial charge is 0.394 e. The monoisotopic (exact) mass is 276 g/mol. The molecule has 0 aromatic rings. The summed E-state index contributed by atoms with van der Waals surface area (Å²) in [5.41, 5.74) is 0. The van der Waals surface area contributed by atoms with Crippen LogP contribution in [-0.2, 0) is 0 Å². The van der Waals surface area contributed by atoms with Crippen molar-refractivity contribution in [1.82, 2.24) is 0 Å². The first-order chi connectivity index (χ1) is 8.83. The molecule has 0 bridgehead atoms. The van der Waals surface area contributed by atoms with Crippen LogP contribution >= 0.6 is 0 Å². The summed E-state index contributed by atoms with van der Waals surface area (Å²) >= 11 is 0. The Kier molecular flexibility index (Phi) is 15.9. The van der Waals surface area contributed by atoms with Gasteiger partial charge in [0.1, 0.15) is 0 Å². The average Bonchev–Trinajstić information content (AvgIpc) is 2.35. The molecule has 0 radical (unpaired) electrons. The van der Waals surface area contributed by atoms with Crippen LogP contribution in [0.4, 0.5) is 0 Å². The fraction of sp³-hybridized carbons (Fsp3) is 1.00. The third-order valence-electron chi connectivity index (χ3n) is 3.08. The van der Waals surface area contributed by atoms with Crippen LogP contribution in [0.25, 0.3) is 0 Å². The quantitative estimate of drug-likeness (QED) is 0.605. The van der Waals surface area contributed by atoms with Crippen molar-refractivity contribution in [1.29, 1.82) is 0 Å². The number of hydrogen-bond acceptors (Lipinski definition) is 3. The van der Waals surface area contributed by atoms with Gasteiger partial charge in [-0.25, -0.2) is 0 Å². The molecule has 0 aliphatic carbocycles. The molecule has 0 fully saturated rings. The third-order valence-corrected chi connectivity index (χ3v) is 3.08. The summed E-state index contributed by atoms with van der Waals surface area (Å²) in [4.78, 5) is 0. The smallest absolute Gasteiger partial charge is 0.0771 e. The second-order valence-corrected chi connectivity index (χ2v) is 6.19. The molecule has 0 aromatic carbocycles. The molecule has 2 unspecified atom stereocenters. The van der Waals surface area contributed by atoms with Gasteiger partial charge >= 0.3 is 0 Å². The summed E-state index contributed by atoms with van der Waals surface area (Å²) in [5, 5.41) is 26.4. The summed E-state index contributed by atoms with van der Waals surface area (Å²) in [6.07, 6.45) is 5.44. The number of rotatable bonds is 9. The summed E-state index contributed by atoms with van der Waals surface area (Å²) in [6, 6.07) is 0. The molecule has 0 aliphatic heterocycles. The highest BCUT2D eigenvalue weighted by molar-refractivity contribution is 4.54. The highest BCUT2D eigenvalue weighted by atomic mass is 16.3. The van der Waals surface area contributed by atoms with Gasteiger partial charge in [-0.3, -0.25) is 0 Å². The van der Waals surface area contributed by atoms with Crippen LogP contribution in [0.2, 0.25) is 0 Å². The Morgan fingerprint density at radius 1 is 0.737 bits per heavy atom. The minimum atomic E-state index is -0.507. The molecule has 0 saturated heterocycles. The van der Waals surface area contributed by atoms with Gasteiger partial charge < -0.3 is 15.3 Å². The lowest BCUT2D eigenvalue weighted by atomic mass is 10.0. The van der Waals surface area contributed by atoms with Crippen molar-refractivity contribution in [3.8, 4) is 0 Å². The van der Waals surface area contributed by atoms with Crippen molar-refractivity contribution in [2.75, 3.05) is 6.61 Å². The Hall–Kier alpha value is -0.120. The van der Waals surface area contributed by atoms with Crippen LogP contribution in [0.5, 0.6) is 0 Å². The first-order valence-corrected chi connectivity index (χ1v) is 7.80. The molecule has 3 heteroatoms. The summed E-state index contributed by atoms with van der Waals surface area (Å²) in [5.74, 6) is 1.40. The van der Waals surface area contributed by atoms with E-state index >= 15 is 0 Å². The molecule has 0 heterocycles. The molecular weight excluding hydrogens is 240 g/mol. The van der Waals surface area contributed by atoms with E-state index < -0.39 is 6.10 Å². The minimum Gasteiger partial charge on any atom is -0.394 e. The molecule has 0 spiro atoms. The molecule has 0 aliphatic rings. The van der Waals surface area contributed by atoms with Gasteiger partial charge in [-0.15, -0.1) is 0 Å². The predicted molar refractivity (Wildman–Crippen MR) is 82.2 cm³/mol.